The first kappa shape index (κ1) is 13.1. The summed E-state index contributed by atoms with van der Waals surface area (Å²) in [4.78, 5) is 0. The van der Waals surface area contributed by atoms with Crippen molar-refractivity contribution >= 4 is 0 Å². The summed E-state index contributed by atoms with van der Waals surface area (Å²) in [5.41, 5.74) is 6.62. The van der Waals surface area contributed by atoms with Gasteiger partial charge >= 0.3 is 0 Å². The summed E-state index contributed by atoms with van der Waals surface area (Å²) in [6, 6.07) is 0. The first-order chi connectivity index (χ1) is 5.31. The molecule has 0 atom stereocenters. The second-order valence-electron chi connectivity index (χ2n) is 2.06. The first-order valence-corrected chi connectivity index (χ1v) is 4.28. The van der Waals surface area contributed by atoms with Gasteiger partial charge in [0.05, 0.1) is 0 Å². The third-order valence-electron chi connectivity index (χ3n) is 1.16. The van der Waals surface area contributed by atoms with Crippen LogP contribution in [0.5, 0.6) is 0 Å². The predicted octanol–water partition coefficient (Wildman–Crippen LogP) is 2.88. The Morgan fingerprint density at radius 2 is 1.91 bits per heavy atom. The van der Waals surface area contributed by atoms with Crippen LogP contribution in [-0.2, 0) is 0 Å². The summed E-state index contributed by atoms with van der Waals surface area (Å²) in [5.74, 6) is 0. The van der Waals surface area contributed by atoms with Gasteiger partial charge in [0.2, 0.25) is 0 Å². The minimum absolute atomic E-state index is 0.678. The Morgan fingerprint density at radius 3 is 2.27 bits per heavy atom. The number of allylic oxidation sites excluding steroid dienone is 3. The molecule has 0 aliphatic rings. The Morgan fingerprint density at radius 1 is 1.36 bits per heavy atom. The highest BCUT2D eigenvalue weighted by Crippen LogP contribution is 1.92. The lowest BCUT2D eigenvalue weighted by Gasteiger charge is -1.90. The van der Waals surface area contributed by atoms with Gasteiger partial charge in [-0.25, -0.2) is 0 Å². The minimum atomic E-state index is 0.678. The molecule has 2 N–H and O–H groups in total. The van der Waals surface area contributed by atoms with Crippen LogP contribution in [0, 0.1) is 0 Å². The van der Waals surface area contributed by atoms with Gasteiger partial charge in [-0.05, 0) is 20.3 Å². The van der Waals surface area contributed by atoms with Crippen molar-refractivity contribution in [3.05, 3.63) is 23.8 Å². The summed E-state index contributed by atoms with van der Waals surface area (Å²) in [6.45, 7) is 8.74. The zero-order valence-corrected chi connectivity index (χ0v) is 8.22. The van der Waals surface area contributed by atoms with Gasteiger partial charge in [0.1, 0.15) is 0 Å². The molecule has 1 heteroatoms. The molecule has 0 spiro atoms. The van der Waals surface area contributed by atoms with Crippen LogP contribution in [0.4, 0.5) is 0 Å². The van der Waals surface area contributed by atoms with Crippen molar-refractivity contribution in [1.29, 1.82) is 0 Å². The summed E-state index contributed by atoms with van der Waals surface area (Å²) in [7, 11) is 0. The molecule has 11 heavy (non-hydrogen) atoms. The number of hydrogen-bond donors (Lipinski definition) is 1. The van der Waals surface area contributed by atoms with Crippen LogP contribution in [-0.4, -0.2) is 6.54 Å². The highest BCUT2D eigenvalue weighted by Gasteiger charge is 1.78. The van der Waals surface area contributed by atoms with E-state index in [4.69, 9.17) is 5.73 Å². The Bertz CT molecular complexity index is 112. The first-order valence-electron chi connectivity index (χ1n) is 4.28. The molecule has 66 valence electrons. The van der Waals surface area contributed by atoms with E-state index in [9.17, 15) is 0 Å². The van der Waals surface area contributed by atoms with E-state index in [2.05, 4.69) is 12.2 Å². The SMILES string of the molecule is C/C=C\C/C=C(/C)CN.CC. The molecule has 0 aromatic carbocycles. The van der Waals surface area contributed by atoms with Crippen LogP contribution in [0.3, 0.4) is 0 Å². The van der Waals surface area contributed by atoms with Crippen LogP contribution < -0.4 is 5.73 Å². The highest BCUT2D eigenvalue weighted by atomic mass is 14.5. The maximum absolute atomic E-state index is 5.36. The quantitative estimate of drug-likeness (QED) is 0.623. The normalized spacial score (nSPS) is 11.2. The lowest BCUT2D eigenvalue weighted by molar-refractivity contribution is 1.11. The third kappa shape index (κ3) is 12.6. The van der Waals surface area contributed by atoms with E-state index in [1.54, 1.807) is 0 Å². The molecule has 0 amide bonds. The average Bonchev–Trinajstić information content (AvgIpc) is 2.08. The number of hydrogen-bond acceptors (Lipinski definition) is 1. The number of rotatable bonds is 3. The van der Waals surface area contributed by atoms with Gasteiger partial charge in [0.25, 0.3) is 0 Å². The van der Waals surface area contributed by atoms with Crippen LogP contribution in [0.2, 0.25) is 0 Å². The Kier molecular flexibility index (Phi) is 14.4. The van der Waals surface area contributed by atoms with E-state index in [1.807, 2.05) is 33.8 Å². The summed E-state index contributed by atoms with van der Waals surface area (Å²) < 4.78 is 0. The molecule has 0 aromatic rings. The maximum atomic E-state index is 5.36. The van der Waals surface area contributed by atoms with Crippen molar-refractivity contribution in [2.45, 2.75) is 34.1 Å². The molecule has 0 bridgehead atoms. The Hall–Kier alpha value is -0.560. The smallest absolute Gasteiger partial charge is 0.0134 e. The molecule has 1 nitrogen and oxygen atoms in total. The number of nitrogens with two attached hydrogens (primary N) is 1. The Labute approximate surface area is 71.0 Å². The monoisotopic (exact) mass is 155 g/mol. The van der Waals surface area contributed by atoms with Crippen LogP contribution in [0.25, 0.3) is 0 Å². The van der Waals surface area contributed by atoms with Crippen LogP contribution in [0.1, 0.15) is 34.1 Å². The minimum Gasteiger partial charge on any atom is -0.327 e. The molecular weight excluding hydrogens is 134 g/mol. The molecule has 0 unspecified atom stereocenters. The van der Waals surface area contributed by atoms with Crippen LogP contribution in [0.15, 0.2) is 23.8 Å². The van der Waals surface area contributed by atoms with E-state index >= 15 is 0 Å². The van der Waals surface area contributed by atoms with Crippen molar-refractivity contribution in [2.75, 3.05) is 6.54 Å². The lowest BCUT2D eigenvalue weighted by atomic mass is 10.2. The van der Waals surface area contributed by atoms with Crippen molar-refractivity contribution in [3.63, 3.8) is 0 Å². The van der Waals surface area contributed by atoms with E-state index in [0.717, 1.165) is 6.42 Å². The molecule has 0 rings (SSSR count). The molecule has 0 aliphatic carbocycles. The van der Waals surface area contributed by atoms with Gasteiger partial charge in [-0.2, -0.15) is 0 Å². The Balaban J connectivity index is 0. The van der Waals surface area contributed by atoms with Gasteiger partial charge in [-0.15, -0.1) is 0 Å². The largest absolute Gasteiger partial charge is 0.327 e. The topological polar surface area (TPSA) is 26.0 Å². The predicted molar refractivity (Wildman–Crippen MR) is 53.6 cm³/mol. The molecular formula is C10H21N. The zero-order chi connectivity index (χ0) is 9.11. The molecule has 0 aliphatic heterocycles. The van der Waals surface area contributed by atoms with Crippen molar-refractivity contribution < 1.29 is 0 Å². The van der Waals surface area contributed by atoms with Crippen molar-refractivity contribution in [1.82, 2.24) is 0 Å². The van der Waals surface area contributed by atoms with E-state index in [0.29, 0.717) is 6.54 Å². The van der Waals surface area contributed by atoms with Crippen molar-refractivity contribution in [3.8, 4) is 0 Å². The van der Waals surface area contributed by atoms with E-state index in [1.165, 1.54) is 5.57 Å². The summed E-state index contributed by atoms with van der Waals surface area (Å²) >= 11 is 0. The van der Waals surface area contributed by atoms with Gasteiger partial charge in [-0.3, -0.25) is 0 Å². The molecule has 0 saturated heterocycles. The fraction of sp³-hybridized carbons (Fsp3) is 0.600. The second kappa shape index (κ2) is 12.1. The zero-order valence-electron chi connectivity index (χ0n) is 8.22. The third-order valence-corrected chi connectivity index (χ3v) is 1.16. The average molecular weight is 155 g/mol. The van der Waals surface area contributed by atoms with Gasteiger partial charge in [0.15, 0.2) is 0 Å². The fourth-order valence-electron chi connectivity index (χ4n) is 0.489. The molecule has 0 heterocycles. The van der Waals surface area contributed by atoms with Gasteiger partial charge in [0, 0.05) is 6.54 Å². The van der Waals surface area contributed by atoms with Crippen molar-refractivity contribution in [2.24, 2.45) is 5.73 Å². The standard InChI is InChI=1S/C8H15N.C2H6/c1-3-4-5-6-8(2)7-9;1-2/h3-4,6H,5,7,9H2,1-2H3;1-2H3/b4-3-,8-6-;. The van der Waals surface area contributed by atoms with E-state index < -0.39 is 0 Å². The molecule has 0 aromatic heterocycles. The lowest BCUT2D eigenvalue weighted by Crippen LogP contribution is -1.98. The highest BCUT2D eigenvalue weighted by molar-refractivity contribution is 5.02. The van der Waals surface area contributed by atoms with Crippen LogP contribution >= 0.6 is 0 Å². The summed E-state index contributed by atoms with van der Waals surface area (Å²) in [6.07, 6.45) is 7.30. The van der Waals surface area contributed by atoms with Gasteiger partial charge in [-0.1, -0.05) is 37.6 Å². The van der Waals surface area contributed by atoms with Gasteiger partial charge < -0.3 is 5.73 Å². The van der Waals surface area contributed by atoms with E-state index in [-0.39, 0.29) is 0 Å². The maximum Gasteiger partial charge on any atom is 0.0134 e. The molecule has 0 radical (unpaired) electrons. The molecule has 0 saturated carbocycles. The fourth-order valence-corrected chi connectivity index (χ4v) is 0.489. The second-order valence-corrected chi connectivity index (χ2v) is 2.06. The summed E-state index contributed by atoms with van der Waals surface area (Å²) in [5, 5.41) is 0. The molecule has 0 fully saturated rings.